The smallest absolute Gasteiger partial charge is 0.254 e. The van der Waals surface area contributed by atoms with Gasteiger partial charge in [0.05, 0.1) is 17.0 Å². The number of benzene rings is 2. The lowest BCUT2D eigenvalue weighted by Gasteiger charge is -2.40. The average Bonchev–Trinajstić information content (AvgIpc) is 2.74. The summed E-state index contributed by atoms with van der Waals surface area (Å²) in [4.78, 5) is 17.3. The molecular formula is C21H24N4O3S. The van der Waals surface area contributed by atoms with Crippen molar-refractivity contribution >= 4 is 15.9 Å². The number of rotatable bonds is 6. The lowest BCUT2D eigenvalue weighted by molar-refractivity contribution is 0.0498. The number of nitriles is 1. The first kappa shape index (κ1) is 21.0. The predicted molar refractivity (Wildman–Crippen MR) is 110 cm³/mol. The Morgan fingerprint density at radius 2 is 1.83 bits per heavy atom. The molecule has 2 aromatic rings. The fourth-order valence-electron chi connectivity index (χ4n) is 3.39. The Hall–Kier alpha value is -2.73. The number of nitrogens with one attached hydrogen (secondary N) is 1. The molecule has 152 valence electrons. The summed E-state index contributed by atoms with van der Waals surface area (Å²) >= 11 is 0. The highest BCUT2D eigenvalue weighted by molar-refractivity contribution is 7.89. The molecule has 1 N–H and O–H groups in total. The number of amides is 1. The maximum Gasteiger partial charge on any atom is 0.254 e. The standard InChI is InChI=1S/C21H24N4O3S/c1-24-14-15-25(20(16-24)17-6-3-2-4-7-17)21(26)18-8-10-19(11-9-18)29(27,28)23-13-5-12-22/h2-4,6-11,20,23H,5,13-16H2,1H3/t20-/m1/s1. The summed E-state index contributed by atoms with van der Waals surface area (Å²) in [7, 11) is -1.66. The third-order valence-corrected chi connectivity index (χ3v) is 6.45. The SMILES string of the molecule is CN1CCN(C(=O)c2ccc(S(=O)(=O)NCCC#N)cc2)[C@@H](c2ccccc2)C1. The lowest BCUT2D eigenvalue weighted by Crippen LogP contribution is -2.49. The molecule has 0 aromatic heterocycles. The molecule has 0 unspecified atom stereocenters. The Labute approximate surface area is 171 Å². The van der Waals surface area contributed by atoms with E-state index in [1.165, 1.54) is 12.1 Å². The van der Waals surface area contributed by atoms with E-state index in [0.717, 1.165) is 18.7 Å². The molecule has 0 aliphatic carbocycles. The first-order valence-electron chi connectivity index (χ1n) is 9.43. The van der Waals surface area contributed by atoms with Gasteiger partial charge >= 0.3 is 0 Å². The van der Waals surface area contributed by atoms with Crippen LogP contribution in [0.15, 0.2) is 59.5 Å². The minimum absolute atomic E-state index is 0.0551. The van der Waals surface area contributed by atoms with Crippen LogP contribution in [0.1, 0.15) is 28.4 Å². The van der Waals surface area contributed by atoms with Crippen molar-refractivity contribution in [2.75, 3.05) is 33.2 Å². The van der Waals surface area contributed by atoms with Crippen LogP contribution in [0.4, 0.5) is 0 Å². The number of carbonyl (C=O) groups is 1. The molecule has 8 heteroatoms. The molecule has 0 spiro atoms. The summed E-state index contributed by atoms with van der Waals surface area (Å²) in [6, 6.07) is 17.7. The van der Waals surface area contributed by atoms with E-state index in [-0.39, 0.29) is 29.8 Å². The average molecular weight is 413 g/mol. The zero-order valence-corrected chi connectivity index (χ0v) is 17.1. The van der Waals surface area contributed by atoms with Gasteiger partial charge in [-0.15, -0.1) is 0 Å². The van der Waals surface area contributed by atoms with Crippen LogP contribution >= 0.6 is 0 Å². The van der Waals surface area contributed by atoms with Crippen molar-refractivity contribution in [3.05, 3.63) is 65.7 Å². The van der Waals surface area contributed by atoms with Gasteiger partial charge in [0.25, 0.3) is 5.91 Å². The molecule has 2 aromatic carbocycles. The van der Waals surface area contributed by atoms with Crippen molar-refractivity contribution in [1.29, 1.82) is 5.26 Å². The third-order valence-electron chi connectivity index (χ3n) is 4.97. The van der Waals surface area contributed by atoms with Crippen molar-refractivity contribution in [2.45, 2.75) is 17.4 Å². The van der Waals surface area contributed by atoms with E-state index >= 15 is 0 Å². The van der Waals surface area contributed by atoms with Crippen LogP contribution in [0.3, 0.4) is 0 Å². The molecule has 0 saturated carbocycles. The van der Waals surface area contributed by atoms with E-state index in [9.17, 15) is 13.2 Å². The summed E-state index contributed by atoms with van der Waals surface area (Å²) in [5.74, 6) is -0.117. The second-order valence-electron chi connectivity index (χ2n) is 7.02. The van der Waals surface area contributed by atoms with Gasteiger partial charge in [0.15, 0.2) is 0 Å². The Morgan fingerprint density at radius 1 is 1.14 bits per heavy atom. The van der Waals surface area contributed by atoms with Crippen LogP contribution in [0, 0.1) is 11.3 Å². The molecule has 0 bridgehead atoms. The highest BCUT2D eigenvalue weighted by atomic mass is 32.2. The number of hydrogen-bond donors (Lipinski definition) is 1. The van der Waals surface area contributed by atoms with Gasteiger partial charge < -0.3 is 9.80 Å². The van der Waals surface area contributed by atoms with Gasteiger partial charge in [0.2, 0.25) is 10.0 Å². The van der Waals surface area contributed by atoms with Crippen LogP contribution < -0.4 is 4.72 Å². The Balaban J connectivity index is 1.79. The summed E-state index contributed by atoms with van der Waals surface area (Å²) in [6.07, 6.45) is 0.0973. The zero-order valence-electron chi connectivity index (χ0n) is 16.3. The van der Waals surface area contributed by atoms with E-state index in [4.69, 9.17) is 5.26 Å². The van der Waals surface area contributed by atoms with Crippen molar-refractivity contribution in [2.24, 2.45) is 0 Å². The summed E-state index contributed by atoms with van der Waals surface area (Å²) in [5, 5.41) is 8.55. The van der Waals surface area contributed by atoms with Crippen molar-refractivity contribution in [3.63, 3.8) is 0 Å². The molecule has 7 nitrogen and oxygen atoms in total. The molecule has 0 radical (unpaired) electrons. The van der Waals surface area contributed by atoms with Gasteiger partial charge in [0, 0.05) is 38.2 Å². The zero-order chi connectivity index (χ0) is 20.9. The van der Waals surface area contributed by atoms with Gasteiger partial charge in [-0.25, -0.2) is 13.1 Å². The number of sulfonamides is 1. The van der Waals surface area contributed by atoms with Crippen molar-refractivity contribution < 1.29 is 13.2 Å². The predicted octanol–water partition coefficient (Wildman–Crippen LogP) is 2.01. The number of carbonyl (C=O) groups excluding carboxylic acids is 1. The molecule has 1 saturated heterocycles. The molecule has 1 heterocycles. The fraction of sp³-hybridized carbons (Fsp3) is 0.333. The minimum Gasteiger partial charge on any atom is -0.329 e. The van der Waals surface area contributed by atoms with Crippen LogP contribution in [-0.4, -0.2) is 57.4 Å². The third kappa shape index (κ3) is 5.01. The molecular weight excluding hydrogens is 388 g/mol. The van der Waals surface area contributed by atoms with Gasteiger partial charge in [0.1, 0.15) is 0 Å². The van der Waals surface area contributed by atoms with E-state index in [0.29, 0.717) is 12.1 Å². The molecule has 1 atom stereocenters. The second-order valence-corrected chi connectivity index (χ2v) is 8.78. The maximum absolute atomic E-state index is 13.2. The first-order chi connectivity index (χ1) is 13.9. The Kier molecular flexibility index (Phi) is 6.64. The van der Waals surface area contributed by atoms with E-state index < -0.39 is 10.0 Å². The van der Waals surface area contributed by atoms with Gasteiger partial charge in [-0.2, -0.15) is 5.26 Å². The molecule has 1 fully saturated rings. The largest absolute Gasteiger partial charge is 0.329 e. The number of piperazine rings is 1. The Bertz CT molecular complexity index is 985. The quantitative estimate of drug-likeness (QED) is 0.733. The van der Waals surface area contributed by atoms with Crippen LogP contribution in [0.5, 0.6) is 0 Å². The van der Waals surface area contributed by atoms with Gasteiger partial charge in [-0.1, -0.05) is 30.3 Å². The van der Waals surface area contributed by atoms with E-state index in [1.54, 1.807) is 12.1 Å². The maximum atomic E-state index is 13.2. The van der Waals surface area contributed by atoms with E-state index in [1.807, 2.05) is 48.3 Å². The summed E-state index contributed by atoms with van der Waals surface area (Å²) < 4.78 is 26.9. The Morgan fingerprint density at radius 3 is 2.48 bits per heavy atom. The minimum atomic E-state index is -3.69. The molecule has 1 aliphatic rings. The number of likely N-dealkylation sites (N-methyl/N-ethyl adjacent to an activating group) is 1. The highest BCUT2D eigenvalue weighted by Crippen LogP contribution is 2.26. The van der Waals surface area contributed by atoms with Gasteiger partial charge in [-0.3, -0.25) is 4.79 Å². The van der Waals surface area contributed by atoms with Crippen LogP contribution in [0.2, 0.25) is 0 Å². The highest BCUT2D eigenvalue weighted by Gasteiger charge is 2.30. The number of hydrogen-bond acceptors (Lipinski definition) is 5. The van der Waals surface area contributed by atoms with Crippen molar-refractivity contribution in [1.82, 2.24) is 14.5 Å². The second kappa shape index (κ2) is 9.18. The van der Waals surface area contributed by atoms with Crippen molar-refractivity contribution in [3.8, 4) is 6.07 Å². The van der Waals surface area contributed by atoms with Crippen LogP contribution in [-0.2, 0) is 10.0 Å². The summed E-state index contributed by atoms with van der Waals surface area (Å²) in [6.45, 7) is 2.18. The summed E-state index contributed by atoms with van der Waals surface area (Å²) in [5.41, 5.74) is 1.53. The normalized spacial score (nSPS) is 17.7. The monoisotopic (exact) mass is 412 g/mol. The molecule has 1 amide bonds. The van der Waals surface area contributed by atoms with Crippen LogP contribution in [0.25, 0.3) is 0 Å². The fourth-order valence-corrected chi connectivity index (χ4v) is 4.42. The lowest BCUT2D eigenvalue weighted by atomic mass is 10.0. The molecule has 1 aliphatic heterocycles. The number of nitrogens with zero attached hydrogens (tertiary/aromatic N) is 3. The van der Waals surface area contributed by atoms with E-state index in [2.05, 4.69) is 9.62 Å². The first-order valence-corrected chi connectivity index (χ1v) is 10.9. The molecule has 29 heavy (non-hydrogen) atoms. The van der Waals surface area contributed by atoms with Gasteiger partial charge in [-0.05, 0) is 36.9 Å². The molecule has 3 rings (SSSR count). The topological polar surface area (TPSA) is 93.5 Å².